The average molecular weight is 740 g/mol. The lowest BCUT2D eigenvalue weighted by Crippen LogP contribution is -2.60. The number of carbonyl (C=O) groups excluding carboxylic acids is 6. The first-order valence-electron chi connectivity index (χ1n) is 16.4. The SMILES string of the molecule is CC[C@H](C)[C@H](NC(=O)[C@@H](NC(=O)[C@H](Cc1ccc(O)cc1)NC(=O)CNC(=O)[C@H](CO)NC(=O)[C@H](C)NC(=O)[C@@H](N)CCC(=O)O)[C@@H](C)O)C(=O)O. The lowest BCUT2D eigenvalue weighted by molar-refractivity contribution is -0.144. The van der Waals surface area contributed by atoms with E-state index in [2.05, 4.69) is 31.9 Å². The summed E-state index contributed by atoms with van der Waals surface area (Å²) < 4.78 is 0. The van der Waals surface area contributed by atoms with E-state index in [0.717, 1.165) is 0 Å². The van der Waals surface area contributed by atoms with E-state index in [4.69, 9.17) is 10.8 Å². The molecule has 20 nitrogen and oxygen atoms in total. The lowest BCUT2D eigenvalue weighted by atomic mass is 9.98. The molecule has 1 rings (SSSR count). The Balaban J connectivity index is 3.00. The Bertz CT molecular complexity index is 1420. The number of carbonyl (C=O) groups is 8. The Hall–Kier alpha value is -5.34. The van der Waals surface area contributed by atoms with E-state index < -0.39 is 109 Å². The first kappa shape index (κ1) is 44.7. The van der Waals surface area contributed by atoms with Crippen LogP contribution >= 0.6 is 0 Å². The van der Waals surface area contributed by atoms with E-state index in [9.17, 15) is 58.8 Å². The quantitative estimate of drug-likeness (QED) is 0.0543. The number of nitrogens with two attached hydrogens (primary N) is 1. The van der Waals surface area contributed by atoms with Gasteiger partial charge in [-0.3, -0.25) is 33.6 Å². The number of rotatable bonds is 22. The highest BCUT2D eigenvalue weighted by atomic mass is 16.4. The monoisotopic (exact) mass is 739 g/mol. The van der Waals surface area contributed by atoms with Gasteiger partial charge in [0.25, 0.3) is 0 Å². The maximum absolute atomic E-state index is 13.4. The predicted molar refractivity (Wildman–Crippen MR) is 181 cm³/mol. The number of aliphatic carboxylic acids is 2. The molecule has 52 heavy (non-hydrogen) atoms. The number of carboxylic acid groups (broad SMARTS) is 2. The van der Waals surface area contributed by atoms with Crippen molar-refractivity contribution in [1.29, 1.82) is 0 Å². The molecule has 0 fully saturated rings. The Labute approximate surface area is 299 Å². The van der Waals surface area contributed by atoms with Gasteiger partial charge in [-0.05, 0) is 43.9 Å². The minimum absolute atomic E-state index is 0.0850. The highest BCUT2D eigenvalue weighted by Crippen LogP contribution is 2.13. The Morgan fingerprint density at radius 2 is 1.35 bits per heavy atom. The van der Waals surface area contributed by atoms with E-state index in [1.54, 1.807) is 13.8 Å². The molecule has 0 aromatic heterocycles. The van der Waals surface area contributed by atoms with Crippen molar-refractivity contribution in [3.8, 4) is 5.75 Å². The van der Waals surface area contributed by atoms with Gasteiger partial charge in [0.1, 0.15) is 36.0 Å². The number of amides is 6. The summed E-state index contributed by atoms with van der Waals surface area (Å²) in [5.41, 5.74) is 6.06. The highest BCUT2D eigenvalue weighted by Gasteiger charge is 2.34. The van der Waals surface area contributed by atoms with Gasteiger partial charge in [-0.25, -0.2) is 4.79 Å². The second kappa shape index (κ2) is 21.8. The summed E-state index contributed by atoms with van der Waals surface area (Å²) in [7, 11) is 0. The summed E-state index contributed by atoms with van der Waals surface area (Å²) in [6, 6.07) is -2.93. The van der Waals surface area contributed by atoms with Gasteiger partial charge in [0.15, 0.2) is 0 Å². The molecule has 20 heteroatoms. The Morgan fingerprint density at radius 3 is 1.87 bits per heavy atom. The maximum atomic E-state index is 13.4. The molecule has 290 valence electrons. The van der Waals surface area contributed by atoms with Gasteiger partial charge in [0, 0.05) is 12.8 Å². The van der Waals surface area contributed by atoms with Gasteiger partial charge in [-0.15, -0.1) is 0 Å². The second-order valence-electron chi connectivity index (χ2n) is 12.2. The molecular formula is C32H49N7O13. The van der Waals surface area contributed by atoms with Crippen LogP contribution in [0.3, 0.4) is 0 Å². The van der Waals surface area contributed by atoms with Gasteiger partial charge in [0.05, 0.1) is 25.3 Å². The number of hydrogen-bond acceptors (Lipinski definition) is 12. The zero-order chi connectivity index (χ0) is 39.7. The van der Waals surface area contributed by atoms with Crippen molar-refractivity contribution in [1.82, 2.24) is 31.9 Å². The molecule has 0 saturated heterocycles. The minimum Gasteiger partial charge on any atom is -0.508 e. The van der Waals surface area contributed by atoms with Crippen molar-refractivity contribution in [2.75, 3.05) is 13.2 Å². The number of hydrogen-bond donors (Lipinski definition) is 12. The molecule has 0 radical (unpaired) electrons. The lowest BCUT2D eigenvalue weighted by Gasteiger charge is -2.27. The van der Waals surface area contributed by atoms with Crippen LogP contribution in [0.2, 0.25) is 0 Å². The molecule has 0 saturated carbocycles. The van der Waals surface area contributed by atoms with Crippen LogP contribution in [0.4, 0.5) is 0 Å². The van der Waals surface area contributed by atoms with Crippen LogP contribution < -0.4 is 37.6 Å². The van der Waals surface area contributed by atoms with Crippen molar-refractivity contribution in [3.63, 3.8) is 0 Å². The van der Waals surface area contributed by atoms with E-state index in [1.807, 2.05) is 0 Å². The number of aromatic hydroxyl groups is 1. The summed E-state index contributed by atoms with van der Waals surface area (Å²) in [5, 5.41) is 61.6. The number of phenolic OH excluding ortho intramolecular Hbond substituents is 1. The van der Waals surface area contributed by atoms with E-state index in [-0.39, 0.29) is 25.0 Å². The summed E-state index contributed by atoms with van der Waals surface area (Å²) in [6.45, 7) is 4.05. The Morgan fingerprint density at radius 1 is 0.750 bits per heavy atom. The zero-order valence-electron chi connectivity index (χ0n) is 29.3. The summed E-state index contributed by atoms with van der Waals surface area (Å²) in [4.78, 5) is 99.2. The zero-order valence-corrected chi connectivity index (χ0v) is 29.3. The molecule has 0 unspecified atom stereocenters. The van der Waals surface area contributed by atoms with Crippen molar-refractivity contribution in [2.24, 2.45) is 11.7 Å². The van der Waals surface area contributed by atoms with Crippen LogP contribution in [0.1, 0.15) is 52.5 Å². The second-order valence-corrected chi connectivity index (χ2v) is 12.2. The third kappa shape index (κ3) is 15.3. The van der Waals surface area contributed by atoms with Gasteiger partial charge < -0.3 is 63.2 Å². The summed E-state index contributed by atoms with van der Waals surface area (Å²) in [6.07, 6.45) is -1.89. The smallest absolute Gasteiger partial charge is 0.326 e. The predicted octanol–water partition coefficient (Wildman–Crippen LogP) is -3.81. The number of aliphatic hydroxyl groups excluding tert-OH is 2. The van der Waals surface area contributed by atoms with Crippen LogP contribution in [0.25, 0.3) is 0 Å². The van der Waals surface area contributed by atoms with Crippen molar-refractivity contribution in [2.45, 2.75) is 95.7 Å². The molecule has 13 N–H and O–H groups in total. The molecule has 0 aliphatic heterocycles. The van der Waals surface area contributed by atoms with Gasteiger partial charge in [-0.2, -0.15) is 0 Å². The number of phenols is 1. The fourth-order valence-electron chi connectivity index (χ4n) is 4.49. The summed E-state index contributed by atoms with van der Waals surface area (Å²) in [5.74, 6) is -8.74. The van der Waals surface area contributed by atoms with Crippen LogP contribution in [-0.4, -0.2) is 128 Å². The standard InChI is InChI=1S/C32H49N7O13/c1-5-15(2)25(32(51)52)38-31(50)26(17(4)41)39-30(49)21(12-18-6-8-19(42)9-7-18)36-23(43)13-34-29(48)22(14-40)37-27(46)16(3)35-28(47)20(33)10-11-24(44)45/h6-9,15-17,20-22,25-26,40-42H,5,10-14,33H2,1-4H3,(H,34,48)(H,35,47)(H,36,43)(H,37,46)(H,38,50)(H,39,49)(H,44,45)(H,51,52)/t15-,16-,17+,20-,21-,22-,25-,26-/m0/s1. The van der Waals surface area contributed by atoms with E-state index >= 15 is 0 Å². The first-order valence-corrected chi connectivity index (χ1v) is 16.4. The normalized spacial score (nSPS) is 15.5. The minimum atomic E-state index is -1.64. The molecule has 8 atom stereocenters. The summed E-state index contributed by atoms with van der Waals surface area (Å²) >= 11 is 0. The van der Waals surface area contributed by atoms with Gasteiger partial charge in [0.2, 0.25) is 35.4 Å². The van der Waals surface area contributed by atoms with Gasteiger partial charge in [-0.1, -0.05) is 32.4 Å². The molecule has 0 aliphatic carbocycles. The van der Waals surface area contributed by atoms with Gasteiger partial charge >= 0.3 is 11.9 Å². The van der Waals surface area contributed by atoms with Crippen LogP contribution in [0.5, 0.6) is 5.75 Å². The number of benzene rings is 1. The topological polar surface area (TPSA) is 336 Å². The molecule has 0 bridgehead atoms. The fourth-order valence-corrected chi connectivity index (χ4v) is 4.49. The maximum Gasteiger partial charge on any atom is 0.326 e. The molecule has 0 spiro atoms. The molecule has 0 heterocycles. The molecular weight excluding hydrogens is 690 g/mol. The van der Waals surface area contributed by atoms with Crippen LogP contribution in [0, 0.1) is 5.92 Å². The number of aliphatic hydroxyl groups is 2. The van der Waals surface area contributed by atoms with Crippen molar-refractivity contribution < 1.29 is 63.9 Å². The van der Waals surface area contributed by atoms with E-state index in [1.165, 1.54) is 38.1 Å². The largest absolute Gasteiger partial charge is 0.508 e. The number of carboxylic acids is 2. The molecule has 0 aliphatic rings. The molecule has 1 aromatic rings. The van der Waals surface area contributed by atoms with E-state index in [0.29, 0.717) is 12.0 Å². The van der Waals surface area contributed by atoms with Crippen LogP contribution in [0.15, 0.2) is 24.3 Å². The third-order valence-corrected chi connectivity index (χ3v) is 7.86. The van der Waals surface area contributed by atoms with Crippen molar-refractivity contribution in [3.05, 3.63) is 29.8 Å². The third-order valence-electron chi connectivity index (χ3n) is 7.86. The van der Waals surface area contributed by atoms with Crippen molar-refractivity contribution >= 4 is 47.4 Å². The molecule has 1 aromatic carbocycles. The first-order chi connectivity index (χ1) is 24.3. The highest BCUT2D eigenvalue weighted by molar-refractivity contribution is 5.96. The average Bonchev–Trinajstić information content (AvgIpc) is 3.09. The Kier molecular flexibility index (Phi) is 18.7. The number of nitrogens with one attached hydrogen (secondary N) is 6. The van der Waals surface area contributed by atoms with Crippen LogP contribution in [-0.2, 0) is 44.8 Å². The molecule has 6 amide bonds. The fraction of sp³-hybridized carbons (Fsp3) is 0.562.